The molecule has 2 aromatic carbocycles. The summed E-state index contributed by atoms with van der Waals surface area (Å²) in [6.45, 7) is 4.30. The van der Waals surface area contributed by atoms with Crippen molar-refractivity contribution in [2.75, 3.05) is 25.0 Å². The van der Waals surface area contributed by atoms with Crippen molar-refractivity contribution in [3.63, 3.8) is 0 Å². The van der Waals surface area contributed by atoms with Crippen molar-refractivity contribution in [2.45, 2.75) is 19.8 Å². The number of para-hydroxylation sites is 2. The van der Waals surface area contributed by atoms with Gasteiger partial charge in [-0.1, -0.05) is 12.1 Å². The molecule has 0 radical (unpaired) electrons. The Labute approximate surface area is 160 Å². The van der Waals surface area contributed by atoms with Crippen molar-refractivity contribution in [2.24, 2.45) is 5.92 Å². The van der Waals surface area contributed by atoms with Gasteiger partial charge in [-0.15, -0.1) is 12.4 Å². The summed E-state index contributed by atoms with van der Waals surface area (Å²) in [6.07, 6.45) is 1.95. The molecule has 3 rings (SSSR count). The first-order valence-corrected chi connectivity index (χ1v) is 8.77. The quantitative estimate of drug-likeness (QED) is 0.791. The van der Waals surface area contributed by atoms with Crippen molar-refractivity contribution in [3.05, 3.63) is 48.5 Å². The third-order valence-corrected chi connectivity index (χ3v) is 4.18. The normalized spacial score (nSPS) is 16.3. The summed E-state index contributed by atoms with van der Waals surface area (Å²) in [7, 11) is 0. The molecule has 1 aliphatic rings. The minimum atomic E-state index is 0. The molecule has 1 saturated heterocycles. The van der Waals surface area contributed by atoms with Crippen LogP contribution >= 0.6 is 12.4 Å². The van der Waals surface area contributed by atoms with Crippen molar-refractivity contribution < 1.29 is 14.3 Å². The van der Waals surface area contributed by atoms with E-state index in [2.05, 4.69) is 10.6 Å². The van der Waals surface area contributed by atoms with E-state index >= 15 is 0 Å². The molecule has 1 amide bonds. The van der Waals surface area contributed by atoms with E-state index in [1.165, 1.54) is 0 Å². The number of rotatable bonds is 6. The average molecular weight is 377 g/mol. The van der Waals surface area contributed by atoms with Gasteiger partial charge in [0.05, 0.1) is 18.2 Å². The van der Waals surface area contributed by atoms with Gasteiger partial charge < -0.3 is 20.1 Å². The van der Waals surface area contributed by atoms with Crippen molar-refractivity contribution in [1.82, 2.24) is 5.32 Å². The molecule has 5 nitrogen and oxygen atoms in total. The number of piperidine rings is 1. The smallest absolute Gasteiger partial charge is 0.228 e. The van der Waals surface area contributed by atoms with E-state index in [9.17, 15) is 4.79 Å². The fraction of sp³-hybridized carbons (Fsp3) is 0.350. The van der Waals surface area contributed by atoms with Crippen molar-refractivity contribution >= 4 is 24.0 Å². The van der Waals surface area contributed by atoms with Crippen LogP contribution in [-0.2, 0) is 4.79 Å². The Kier molecular flexibility index (Phi) is 7.75. The van der Waals surface area contributed by atoms with Gasteiger partial charge in [-0.2, -0.15) is 0 Å². The summed E-state index contributed by atoms with van der Waals surface area (Å²) < 4.78 is 11.4. The largest absolute Gasteiger partial charge is 0.494 e. The van der Waals surface area contributed by atoms with Crippen LogP contribution in [0.3, 0.4) is 0 Å². The Morgan fingerprint density at radius 1 is 1.15 bits per heavy atom. The SMILES string of the molecule is CCOc1ccc(Oc2ccccc2NC(=O)C2CCCNC2)cc1.Cl. The van der Waals surface area contributed by atoms with Gasteiger partial charge in [0.25, 0.3) is 0 Å². The molecule has 0 bridgehead atoms. The second-order valence-electron chi connectivity index (χ2n) is 6.04. The van der Waals surface area contributed by atoms with E-state index in [-0.39, 0.29) is 24.2 Å². The molecule has 0 spiro atoms. The van der Waals surface area contributed by atoms with Crippen LogP contribution in [0.25, 0.3) is 0 Å². The molecule has 1 heterocycles. The molecule has 1 fully saturated rings. The number of hydrogen-bond acceptors (Lipinski definition) is 4. The van der Waals surface area contributed by atoms with E-state index < -0.39 is 0 Å². The molecule has 1 atom stereocenters. The van der Waals surface area contributed by atoms with Crippen LogP contribution < -0.4 is 20.1 Å². The number of amides is 1. The zero-order valence-electron chi connectivity index (χ0n) is 14.9. The van der Waals surface area contributed by atoms with Gasteiger partial charge >= 0.3 is 0 Å². The highest BCUT2D eigenvalue weighted by molar-refractivity contribution is 5.94. The number of carbonyl (C=O) groups excluding carboxylic acids is 1. The van der Waals surface area contributed by atoms with Crippen LogP contribution in [0.2, 0.25) is 0 Å². The van der Waals surface area contributed by atoms with Crippen molar-refractivity contribution in [3.8, 4) is 17.2 Å². The standard InChI is InChI=1S/C20H24N2O3.ClH/c1-2-24-16-9-11-17(12-10-16)25-19-8-4-3-7-18(19)22-20(23)15-6-5-13-21-14-15;/h3-4,7-12,15,21H,2,5-6,13-14H2,1H3,(H,22,23);1H. The van der Waals surface area contributed by atoms with E-state index in [0.29, 0.717) is 23.8 Å². The second kappa shape index (κ2) is 10.0. The molecule has 0 aromatic heterocycles. The molecule has 2 aromatic rings. The van der Waals surface area contributed by atoms with Crippen LogP contribution in [0.5, 0.6) is 17.2 Å². The van der Waals surface area contributed by atoms with E-state index in [1.807, 2.05) is 55.5 Å². The number of anilines is 1. The molecule has 1 aliphatic heterocycles. The average Bonchev–Trinajstić information content (AvgIpc) is 2.66. The molecule has 2 N–H and O–H groups in total. The highest BCUT2D eigenvalue weighted by Gasteiger charge is 2.21. The minimum Gasteiger partial charge on any atom is -0.494 e. The lowest BCUT2D eigenvalue weighted by molar-refractivity contribution is -0.120. The highest BCUT2D eigenvalue weighted by atomic mass is 35.5. The molecular weight excluding hydrogens is 352 g/mol. The maximum absolute atomic E-state index is 12.5. The topological polar surface area (TPSA) is 59.6 Å². The first kappa shape index (κ1) is 20.1. The van der Waals surface area contributed by atoms with Crippen LogP contribution in [0, 0.1) is 5.92 Å². The summed E-state index contributed by atoms with van der Waals surface area (Å²) in [5.74, 6) is 2.18. The Balaban J connectivity index is 0.00000243. The van der Waals surface area contributed by atoms with Crippen LogP contribution in [0.15, 0.2) is 48.5 Å². The highest BCUT2D eigenvalue weighted by Crippen LogP contribution is 2.30. The lowest BCUT2D eigenvalue weighted by Gasteiger charge is -2.22. The summed E-state index contributed by atoms with van der Waals surface area (Å²) >= 11 is 0. The van der Waals surface area contributed by atoms with E-state index in [4.69, 9.17) is 9.47 Å². The molecular formula is C20H25ClN2O3. The molecule has 0 saturated carbocycles. The number of ether oxygens (including phenoxy) is 2. The second-order valence-corrected chi connectivity index (χ2v) is 6.04. The number of nitrogens with one attached hydrogen (secondary N) is 2. The number of halogens is 1. The zero-order valence-corrected chi connectivity index (χ0v) is 15.7. The Morgan fingerprint density at radius 3 is 2.58 bits per heavy atom. The molecule has 26 heavy (non-hydrogen) atoms. The fourth-order valence-corrected chi connectivity index (χ4v) is 2.87. The molecule has 140 valence electrons. The predicted molar refractivity (Wildman–Crippen MR) is 106 cm³/mol. The van der Waals surface area contributed by atoms with Crippen LogP contribution in [0.4, 0.5) is 5.69 Å². The first-order chi connectivity index (χ1) is 12.3. The maximum Gasteiger partial charge on any atom is 0.228 e. The Morgan fingerprint density at radius 2 is 1.88 bits per heavy atom. The van der Waals surface area contributed by atoms with Gasteiger partial charge in [0.2, 0.25) is 5.91 Å². The van der Waals surface area contributed by atoms with E-state index in [0.717, 1.165) is 31.7 Å². The molecule has 6 heteroatoms. The minimum absolute atomic E-state index is 0. The zero-order chi connectivity index (χ0) is 17.5. The summed E-state index contributed by atoms with van der Waals surface area (Å²) in [5, 5.41) is 6.27. The van der Waals surface area contributed by atoms with Gasteiger partial charge in [0.1, 0.15) is 11.5 Å². The molecule has 1 unspecified atom stereocenters. The first-order valence-electron chi connectivity index (χ1n) is 8.77. The third kappa shape index (κ3) is 5.38. The summed E-state index contributed by atoms with van der Waals surface area (Å²) in [5.41, 5.74) is 0.687. The number of carbonyl (C=O) groups is 1. The fourth-order valence-electron chi connectivity index (χ4n) is 2.87. The predicted octanol–water partition coefficient (Wildman–Crippen LogP) is 4.24. The lowest BCUT2D eigenvalue weighted by Crippen LogP contribution is -2.37. The van der Waals surface area contributed by atoms with Crippen LogP contribution in [-0.4, -0.2) is 25.6 Å². The lowest BCUT2D eigenvalue weighted by atomic mass is 9.99. The van der Waals surface area contributed by atoms with Gasteiger partial charge in [-0.25, -0.2) is 0 Å². The Bertz CT molecular complexity index is 700. The maximum atomic E-state index is 12.5. The summed E-state index contributed by atoms with van der Waals surface area (Å²) in [6, 6.07) is 14.9. The van der Waals surface area contributed by atoms with E-state index in [1.54, 1.807) is 0 Å². The Hall–Kier alpha value is -2.24. The number of benzene rings is 2. The van der Waals surface area contributed by atoms with Crippen LogP contribution in [0.1, 0.15) is 19.8 Å². The van der Waals surface area contributed by atoms with Crippen molar-refractivity contribution in [1.29, 1.82) is 0 Å². The summed E-state index contributed by atoms with van der Waals surface area (Å²) in [4.78, 5) is 12.5. The van der Waals surface area contributed by atoms with Gasteiger partial charge in [-0.3, -0.25) is 4.79 Å². The molecule has 0 aliphatic carbocycles. The monoisotopic (exact) mass is 376 g/mol. The third-order valence-electron chi connectivity index (χ3n) is 4.18. The van der Waals surface area contributed by atoms with Gasteiger partial charge in [-0.05, 0) is 62.7 Å². The van der Waals surface area contributed by atoms with Gasteiger partial charge in [0.15, 0.2) is 5.75 Å². The number of hydrogen-bond donors (Lipinski definition) is 2. The van der Waals surface area contributed by atoms with Gasteiger partial charge in [0, 0.05) is 6.54 Å².